The third-order valence-corrected chi connectivity index (χ3v) is 14.3. The zero-order valence-corrected chi connectivity index (χ0v) is 29.1. The quantitative estimate of drug-likeness (QED) is 0.138. The fraction of sp³-hybridized carbons (Fsp3) is 0.464. The number of nitrogens with zero attached hydrogens (tertiary/aromatic N) is 4. The molecular formula is C28H37BrClF2N5O2Si2. The minimum atomic E-state index is -2.11. The van der Waals surface area contributed by atoms with Crippen molar-refractivity contribution < 1.29 is 17.9 Å². The molecule has 1 aliphatic rings. The highest BCUT2D eigenvalue weighted by molar-refractivity contribution is 9.10. The van der Waals surface area contributed by atoms with Crippen molar-refractivity contribution in [2.75, 3.05) is 11.9 Å². The Morgan fingerprint density at radius 3 is 2.34 bits per heavy atom. The smallest absolute Gasteiger partial charge is 0.192 e. The van der Waals surface area contributed by atoms with Crippen LogP contribution < -0.4 is 5.32 Å². The number of benzene rings is 1. The Morgan fingerprint density at radius 1 is 1.07 bits per heavy atom. The van der Waals surface area contributed by atoms with Crippen LogP contribution in [0.5, 0.6) is 0 Å². The maximum atomic E-state index is 15.6. The summed E-state index contributed by atoms with van der Waals surface area (Å²) in [5, 5.41) is 7.59. The fourth-order valence-electron chi connectivity index (χ4n) is 3.94. The van der Waals surface area contributed by atoms with Crippen molar-refractivity contribution >= 4 is 61.1 Å². The van der Waals surface area contributed by atoms with Crippen LogP contribution in [0.25, 0.3) is 11.3 Å². The van der Waals surface area contributed by atoms with Crippen molar-refractivity contribution in [2.24, 2.45) is 4.99 Å². The highest BCUT2D eigenvalue weighted by Gasteiger charge is 2.37. The summed E-state index contributed by atoms with van der Waals surface area (Å²) in [4.78, 5) is 8.91. The summed E-state index contributed by atoms with van der Waals surface area (Å²) < 4.78 is 45.5. The molecule has 2 aromatic heterocycles. The van der Waals surface area contributed by atoms with Crippen molar-refractivity contribution in [2.45, 2.75) is 77.9 Å². The van der Waals surface area contributed by atoms with Gasteiger partial charge in [-0.1, -0.05) is 52.0 Å². The van der Waals surface area contributed by atoms with Gasteiger partial charge in [-0.2, -0.15) is 5.10 Å². The van der Waals surface area contributed by atoms with Crippen LogP contribution in [0.15, 0.2) is 34.0 Å². The normalized spacial score (nSPS) is 13.8. The Hall–Kier alpha value is -1.97. The number of hydrogen-bond donors (Lipinski definition) is 1. The topological polar surface area (TPSA) is 73.6 Å². The molecule has 0 fully saturated rings. The second-order valence-corrected chi connectivity index (χ2v) is 24.6. The molecule has 0 saturated heterocycles. The van der Waals surface area contributed by atoms with Crippen molar-refractivity contribution in [3.63, 3.8) is 0 Å². The number of amidine groups is 1. The van der Waals surface area contributed by atoms with Gasteiger partial charge >= 0.3 is 0 Å². The van der Waals surface area contributed by atoms with E-state index in [1.54, 1.807) is 16.9 Å². The summed E-state index contributed by atoms with van der Waals surface area (Å²) in [5.74, 6) is -1.57. The van der Waals surface area contributed by atoms with Crippen LogP contribution in [0.1, 0.15) is 31.9 Å². The van der Waals surface area contributed by atoms with E-state index in [9.17, 15) is 0 Å². The van der Waals surface area contributed by atoms with Crippen LogP contribution in [-0.4, -0.2) is 43.6 Å². The molecule has 1 aromatic carbocycles. The van der Waals surface area contributed by atoms with Crippen molar-refractivity contribution in [3.05, 3.63) is 56.9 Å². The molecule has 3 aromatic rings. The summed E-state index contributed by atoms with van der Waals surface area (Å²) in [6.07, 6.45) is 1.57. The van der Waals surface area contributed by atoms with Crippen LogP contribution in [0.3, 0.4) is 0 Å². The molecule has 0 saturated carbocycles. The number of aliphatic imine (C=N–C) groups is 1. The van der Waals surface area contributed by atoms with E-state index in [1.165, 1.54) is 12.1 Å². The van der Waals surface area contributed by atoms with Crippen molar-refractivity contribution in [3.8, 4) is 11.3 Å². The number of halogens is 4. The molecule has 1 aliphatic heterocycles. The van der Waals surface area contributed by atoms with E-state index in [0.29, 0.717) is 33.7 Å². The fourth-order valence-corrected chi connectivity index (χ4v) is 6.21. The van der Waals surface area contributed by atoms with Crippen LogP contribution in [0.2, 0.25) is 49.0 Å². The molecule has 0 unspecified atom stereocenters. The lowest BCUT2D eigenvalue weighted by molar-refractivity contribution is 0.0798. The van der Waals surface area contributed by atoms with Crippen LogP contribution in [0, 0.1) is 11.6 Å². The average Bonchev–Trinajstić information content (AvgIpc) is 3.03. The molecule has 0 atom stereocenters. The summed E-state index contributed by atoms with van der Waals surface area (Å²) in [7, 11) is -3.39. The Bertz CT molecular complexity index is 1460. The van der Waals surface area contributed by atoms with E-state index < -0.39 is 28.0 Å². The Kier molecular flexibility index (Phi) is 9.32. The third-order valence-electron chi connectivity index (χ3n) is 7.44. The van der Waals surface area contributed by atoms with Gasteiger partial charge in [0.2, 0.25) is 0 Å². The van der Waals surface area contributed by atoms with E-state index in [2.05, 4.69) is 89.8 Å². The van der Waals surface area contributed by atoms with Gasteiger partial charge in [0.05, 0.1) is 24.1 Å². The molecule has 222 valence electrons. The number of ether oxygens (including phenoxy) is 1. The number of rotatable bonds is 9. The maximum Gasteiger partial charge on any atom is 0.192 e. The monoisotopic (exact) mass is 683 g/mol. The van der Waals surface area contributed by atoms with Crippen molar-refractivity contribution in [1.29, 1.82) is 0 Å². The minimum Gasteiger partial charge on any atom is -0.413 e. The standard InChI is InChI=1S/C28H37BrClF2N5O2Si2/c1-28(2,3)41(7,8)39-15-17-11-19(31)23(20(32)12-17)27-34-21-14-33-22(29)13-18(21)25-24(35-27)26(30)36-37(25)16-38-9-10-40(4,5)6/h11-14H,9-10,15-16H2,1-8H3,(H,34,35). The Labute approximate surface area is 256 Å². The lowest BCUT2D eigenvalue weighted by atomic mass is 10.1. The molecular weight excluding hydrogens is 648 g/mol. The van der Waals surface area contributed by atoms with Gasteiger partial charge in [0.1, 0.15) is 40.2 Å². The highest BCUT2D eigenvalue weighted by atomic mass is 79.9. The van der Waals surface area contributed by atoms with Gasteiger partial charge in [-0.3, -0.25) is 0 Å². The third kappa shape index (κ3) is 7.34. The Morgan fingerprint density at radius 2 is 1.73 bits per heavy atom. The number of pyridine rings is 1. The van der Waals surface area contributed by atoms with E-state index in [1.807, 2.05) is 0 Å². The van der Waals surface area contributed by atoms with Gasteiger partial charge in [-0.15, -0.1) is 0 Å². The Balaban J connectivity index is 1.72. The van der Waals surface area contributed by atoms with Gasteiger partial charge in [0, 0.05) is 20.2 Å². The lowest BCUT2D eigenvalue weighted by Crippen LogP contribution is -2.40. The highest BCUT2D eigenvalue weighted by Crippen LogP contribution is 2.43. The largest absolute Gasteiger partial charge is 0.413 e. The summed E-state index contributed by atoms with van der Waals surface area (Å²) in [5.41, 5.74) is 2.10. The summed E-state index contributed by atoms with van der Waals surface area (Å²) in [6.45, 7) is 18.2. The molecule has 0 spiro atoms. The van der Waals surface area contributed by atoms with E-state index in [0.717, 1.165) is 6.04 Å². The number of fused-ring (bicyclic) bond motifs is 3. The molecule has 7 nitrogen and oxygen atoms in total. The van der Waals surface area contributed by atoms with Gasteiger partial charge in [0.25, 0.3) is 0 Å². The lowest BCUT2D eigenvalue weighted by Gasteiger charge is -2.36. The van der Waals surface area contributed by atoms with Gasteiger partial charge in [-0.05, 0) is 63.9 Å². The van der Waals surface area contributed by atoms with Gasteiger partial charge < -0.3 is 14.5 Å². The molecule has 0 bridgehead atoms. The second-order valence-electron chi connectivity index (χ2n) is 13.0. The van der Waals surface area contributed by atoms with Gasteiger partial charge in [-0.25, -0.2) is 23.4 Å². The SMILES string of the molecule is CC(C)(C)[Si](C)(C)OCc1cc(F)c(C2=Nc3c(Cl)nn(COCC[Si](C)(C)C)c3-c3cc(Br)ncc3N2)c(F)c1. The predicted molar refractivity (Wildman–Crippen MR) is 170 cm³/mol. The molecule has 0 aliphatic carbocycles. The van der Waals surface area contributed by atoms with E-state index >= 15 is 8.78 Å². The average molecular weight is 685 g/mol. The first-order valence-corrected chi connectivity index (χ1v) is 21.2. The first kappa shape index (κ1) is 32.0. The van der Waals surface area contributed by atoms with Gasteiger partial charge in [0.15, 0.2) is 13.5 Å². The van der Waals surface area contributed by atoms with Crippen LogP contribution in [0.4, 0.5) is 20.2 Å². The van der Waals surface area contributed by atoms with Crippen LogP contribution >= 0.6 is 27.5 Å². The minimum absolute atomic E-state index is 0.0276. The molecule has 0 amide bonds. The summed E-state index contributed by atoms with van der Waals surface area (Å²) >= 11 is 9.98. The van der Waals surface area contributed by atoms with Crippen molar-refractivity contribution in [1.82, 2.24) is 14.8 Å². The number of aromatic nitrogens is 3. The van der Waals surface area contributed by atoms with Crippen LogP contribution in [-0.2, 0) is 22.5 Å². The molecule has 3 heterocycles. The van der Waals surface area contributed by atoms with E-state index in [-0.39, 0.29) is 40.6 Å². The molecule has 1 N–H and O–H groups in total. The molecule has 4 rings (SSSR count). The molecule has 13 heteroatoms. The maximum absolute atomic E-state index is 15.6. The first-order valence-electron chi connectivity index (χ1n) is 13.4. The molecule has 41 heavy (non-hydrogen) atoms. The van der Waals surface area contributed by atoms with E-state index in [4.69, 9.17) is 20.8 Å². The summed E-state index contributed by atoms with van der Waals surface area (Å²) in [6, 6.07) is 5.36. The second kappa shape index (κ2) is 12.0. The number of anilines is 1. The molecule has 0 radical (unpaired) electrons. The first-order chi connectivity index (χ1) is 19.0. The zero-order valence-electron chi connectivity index (χ0n) is 24.8. The number of nitrogens with one attached hydrogen (secondary N) is 1. The predicted octanol–water partition coefficient (Wildman–Crippen LogP) is 8.98. The number of hydrogen-bond acceptors (Lipinski definition) is 6. The zero-order chi connectivity index (χ0) is 30.3.